The van der Waals surface area contributed by atoms with E-state index in [0.717, 1.165) is 38.0 Å². The molecule has 0 bridgehead atoms. The number of carbonyl (C=O) groups excluding carboxylic acids is 1. The third-order valence-corrected chi connectivity index (χ3v) is 7.02. The van der Waals surface area contributed by atoms with Crippen molar-refractivity contribution in [1.29, 1.82) is 0 Å². The monoisotopic (exact) mass is 439 g/mol. The van der Waals surface area contributed by atoms with Gasteiger partial charge in [-0.1, -0.05) is 54.6 Å². The molecule has 1 aliphatic carbocycles. The largest absolute Gasteiger partial charge is 0.371 e. The van der Waals surface area contributed by atoms with Crippen LogP contribution in [0.1, 0.15) is 36.0 Å². The zero-order chi connectivity index (χ0) is 22.5. The van der Waals surface area contributed by atoms with Crippen LogP contribution in [0.2, 0.25) is 0 Å². The van der Waals surface area contributed by atoms with E-state index >= 15 is 0 Å². The van der Waals surface area contributed by atoms with Gasteiger partial charge >= 0.3 is 0 Å². The fourth-order valence-corrected chi connectivity index (χ4v) is 5.20. The number of piperidine rings is 1. The maximum Gasteiger partial charge on any atom is 0.224 e. The molecule has 0 radical (unpaired) electrons. The fourth-order valence-electron chi connectivity index (χ4n) is 5.20. The molecule has 1 heterocycles. The zero-order valence-corrected chi connectivity index (χ0v) is 19.2. The molecule has 33 heavy (non-hydrogen) atoms. The molecular weight excluding hydrogens is 406 g/mol. The lowest BCUT2D eigenvalue weighted by molar-refractivity contribution is -0.116. The second-order valence-corrected chi connectivity index (χ2v) is 9.38. The third-order valence-electron chi connectivity index (χ3n) is 7.02. The van der Waals surface area contributed by atoms with Crippen LogP contribution >= 0.6 is 0 Å². The molecule has 0 unspecified atom stereocenters. The standard InChI is InChI=1S/C29H33N3O/c33-29(15-10-22-6-2-1-3-7-22)31-25-11-13-28(14-12-25)32-18-16-26(17-19-32)30-27-20-23-8-4-5-9-24(23)21-27/h1-9,11-14,26-27,30H,10,15-21H2,(H,31,33). The predicted molar refractivity (Wildman–Crippen MR) is 136 cm³/mol. The van der Waals surface area contributed by atoms with Gasteiger partial charge in [0.1, 0.15) is 0 Å². The molecule has 3 aromatic rings. The lowest BCUT2D eigenvalue weighted by atomic mass is 10.0. The van der Waals surface area contributed by atoms with Crippen LogP contribution in [-0.4, -0.2) is 31.1 Å². The Hall–Kier alpha value is -3.11. The number of carbonyl (C=O) groups is 1. The van der Waals surface area contributed by atoms with Crippen LogP contribution in [0.3, 0.4) is 0 Å². The normalized spacial score (nSPS) is 16.5. The van der Waals surface area contributed by atoms with Crippen LogP contribution < -0.4 is 15.5 Å². The Bertz CT molecular complexity index is 1030. The van der Waals surface area contributed by atoms with Crippen molar-refractivity contribution < 1.29 is 4.79 Å². The number of rotatable bonds is 7. The van der Waals surface area contributed by atoms with Gasteiger partial charge in [-0.3, -0.25) is 4.79 Å². The minimum Gasteiger partial charge on any atom is -0.371 e. The highest BCUT2D eigenvalue weighted by atomic mass is 16.1. The van der Waals surface area contributed by atoms with E-state index in [4.69, 9.17) is 0 Å². The van der Waals surface area contributed by atoms with Gasteiger partial charge in [0.15, 0.2) is 0 Å². The van der Waals surface area contributed by atoms with E-state index in [1.165, 1.54) is 35.2 Å². The Morgan fingerprint density at radius 2 is 1.42 bits per heavy atom. The van der Waals surface area contributed by atoms with Crippen LogP contribution in [0.25, 0.3) is 0 Å². The summed E-state index contributed by atoms with van der Waals surface area (Å²) in [6, 6.07) is 28.5. The van der Waals surface area contributed by atoms with Gasteiger partial charge in [0.25, 0.3) is 0 Å². The molecule has 0 aromatic heterocycles. The summed E-state index contributed by atoms with van der Waals surface area (Å²) in [6.07, 6.45) is 5.93. The number of hydrogen-bond donors (Lipinski definition) is 2. The first-order chi connectivity index (χ1) is 16.2. The molecular formula is C29H33N3O. The number of anilines is 2. The van der Waals surface area contributed by atoms with Crippen molar-refractivity contribution in [2.75, 3.05) is 23.3 Å². The van der Waals surface area contributed by atoms with Gasteiger partial charge in [-0.15, -0.1) is 0 Å². The summed E-state index contributed by atoms with van der Waals surface area (Å²) in [5, 5.41) is 6.95. The van der Waals surface area contributed by atoms with Crippen LogP contribution in [-0.2, 0) is 24.1 Å². The van der Waals surface area contributed by atoms with Crippen molar-refractivity contribution >= 4 is 17.3 Å². The summed E-state index contributed by atoms with van der Waals surface area (Å²) >= 11 is 0. The van der Waals surface area contributed by atoms with Gasteiger partial charge in [0.05, 0.1) is 0 Å². The van der Waals surface area contributed by atoms with Crippen LogP contribution in [0.4, 0.5) is 11.4 Å². The van der Waals surface area contributed by atoms with E-state index < -0.39 is 0 Å². The molecule has 4 heteroatoms. The summed E-state index contributed by atoms with van der Waals surface area (Å²) in [6.45, 7) is 2.14. The first kappa shape index (κ1) is 21.7. The molecule has 1 fully saturated rings. The molecule has 1 aliphatic heterocycles. The highest BCUT2D eigenvalue weighted by Gasteiger charge is 2.26. The SMILES string of the molecule is O=C(CCc1ccccc1)Nc1ccc(N2CCC(NC3Cc4ccccc4C3)CC2)cc1. The van der Waals surface area contributed by atoms with Crippen molar-refractivity contribution in [3.05, 3.63) is 95.6 Å². The number of benzene rings is 3. The van der Waals surface area contributed by atoms with Crippen molar-refractivity contribution in [3.8, 4) is 0 Å². The third kappa shape index (κ3) is 5.63. The summed E-state index contributed by atoms with van der Waals surface area (Å²) in [7, 11) is 0. The van der Waals surface area contributed by atoms with Crippen molar-refractivity contribution in [1.82, 2.24) is 5.32 Å². The van der Waals surface area contributed by atoms with Gasteiger partial charge in [-0.25, -0.2) is 0 Å². The minimum absolute atomic E-state index is 0.0626. The van der Waals surface area contributed by atoms with Gasteiger partial charge in [0, 0.05) is 43.0 Å². The molecule has 3 aromatic carbocycles. The molecule has 2 aliphatic rings. The summed E-state index contributed by atoms with van der Waals surface area (Å²) in [5.74, 6) is 0.0626. The van der Waals surface area contributed by atoms with E-state index in [-0.39, 0.29) is 5.91 Å². The first-order valence-electron chi connectivity index (χ1n) is 12.2. The minimum atomic E-state index is 0.0626. The average molecular weight is 440 g/mol. The summed E-state index contributed by atoms with van der Waals surface area (Å²) in [4.78, 5) is 14.8. The Labute approximate surface area is 197 Å². The van der Waals surface area contributed by atoms with Crippen LogP contribution in [0, 0.1) is 0 Å². The van der Waals surface area contributed by atoms with Crippen molar-refractivity contribution in [3.63, 3.8) is 0 Å². The first-order valence-corrected chi connectivity index (χ1v) is 12.2. The lowest BCUT2D eigenvalue weighted by Gasteiger charge is -2.35. The lowest BCUT2D eigenvalue weighted by Crippen LogP contribution is -2.46. The number of amides is 1. The Morgan fingerprint density at radius 1 is 0.788 bits per heavy atom. The number of nitrogens with one attached hydrogen (secondary N) is 2. The number of hydrogen-bond acceptors (Lipinski definition) is 3. The van der Waals surface area contributed by atoms with Crippen molar-refractivity contribution in [2.45, 2.75) is 50.6 Å². The summed E-state index contributed by atoms with van der Waals surface area (Å²) < 4.78 is 0. The number of nitrogens with zero attached hydrogens (tertiary/aromatic N) is 1. The van der Waals surface area contributed by atoms with Gasteiger partial charge in [-0.2, -0.15) is 0 Å². The molecule has 0 saturated carbocycles. The number of fused-ring (bicyclic) bond motifs is 1. The second-order valence-electron chi connectivity index (χ2n) is 9.38. The van der Waals surface area contributed by atoms with Crippen LogP contribution in [0.15, 0.2) is 78.9 Å². The average Bonchev–Trinajstić information content (AvgIpc) is 3.27. The predicted octanol–water partition coefficient (Wildman–Crippen LogP) is 4.98. The number of aryl methyl sites for hydroxylation is 1. The smallest absolute Gasteiger partial charge is 0.224 e. The van der Waals surface area contributed by atoms with Crippen LogP contribution in [0.5, 0.6) is 0 Å². The molecule has 1 saturated heterocycles. The molecule has 5 rings (SSSR count). The highest BCUT2D eigenvalue weighted by Crippen LogP contribution is 2.25. The van der Waals surface area contributed by atoms with Gasteiger partial charge < -0.3 is 15.5 Å². The van der Waals surface area contributed by atoms with E-state index in [1.807, 2.05) is 30.3 Å². The fraction of sp³-hybridized carbons (Fsp3) is 0.345. The molecule has 0 spiro atoms. The molecule has 170 valence electrons. The van der Waals surface area contributed by atoms with Gasteiger partial charge in [-0.05, 0) is 73.1 Å². The Kier molecular flexibility index (Phi) is 6.73. The topological polar surface area (TPSA) is 44.4 Å². The maximum atomic E-state index is 12.3. The second kappa shape index (κ2) is 10.2. The molecule has 4 nitrogen and oxygen atoms in total. The van der Waals surface area contributed by atoms with E-state index in [2.05, 4.69) is 64.1 Å². The Balaban J connectivity index is 1.06. The Morgan fingerprint density at radius 3 is 2.09 bits per heavy atom. The molecule has 0 atom stereocenters. The van der Waals surface area contributed by atoms with E-state index in [9.17, 15) is 4.79 Å². The maximum absolute atomic E-state index is 12.3. The quantitative estimate of drug-likeness (QED) is 0.546. The van der Waals surface area contributed by atoms with E-state index in [0.29, 0.717) is 18.5 Å². The highest BCUT2D eigenvalue weighted by molar-refractivity contribution is 5.91. The van der Waals surface area contributed by atoms with Crippen molar-refractivity contribution in [2.24, 2.45) is 0 Å². The van der Waals surface area contributed by atoms with E-state index in [1.54, 1.807) is 0 Å². The summed E-state index contributed by atoms with van der Waals surface area (Å²) in [5.41, 5.74) is 6.33. The zero-order valence-electron chi connectivity index (χ0n) is 19.2. The molecule has 2 N–H and O–H groups in total. The molecule has 1 amide bonds. The van der Waals surface area contributed by atoms with Gasteiger partial charge in [0.2, 0.25) is 5.91 Å².